The Bertz CT molecular complexity index is 743. The first-order valence-electron chi connectivity index (χ1n) is 8.15. The van der Waals surface area contributed by atoms with Crippen molar-refractivity contribution in [1.29, 1.82) is 5.26 Å². The first kappa shape index (κ1) is 35.2. The summed E-state index contributed by atoms with van der Waals surface area (Å²) in [5.74, 6) is 0.623. The zero-order valence-corrected chi connectivity index (χ0v) is 20.0. The van der Waals surface area contributed by atoms with Crippen LogP contribution < -0.4 is 10.6 Å². The van der Waals surface area contributed by atoms with E-state index in [1.54, 1.807) is 24.3 Å². The summed E-state index contributed by atoms with van der Waals surface area (Å²) in [6.07, 6.45) is 0. The molecule has 0 aliphatic carbocycles. The van der Waals surface area contributed by atoms with Gasteiger partial charge in [-0.15, -0.1) is 0 Å². The van der Waals surface area contributed by atoms with E-state index in [1.165, 1.54) is 10.0 Å². The molecule has 2 amide bonds. The molecule has 29 heavy (non-hydrogen) atoms. The summed E-state index contributed by atoms with van der Waals surface area (Å²) in [6.45, 7) is 8.15. The predicted octanol–water partition coefficient (Wildman–Crippen LogP) is 7.57. The second-order valence-corrected chi connectivity index (χ2v) is 7.07. The molecule has 2 aromatic carbocycles. The smallest absolute Gasteiger partial charge is 0.319 e. The average molecular weight is 539 g/mol. The molecule has 2 N–H and O–H groups in total. The minimum absolute atomic E-state index is 0. The van der Waals surface area contributed by atoms with Crippen LogP contribution in [0.15, 0.2) is 53.0 Å². The molecule has 0 bridgehead atoms. The number of amides is 2. The maximum atomic E-state index is 11.3. The molecule has 0 atom stereocenters. The van der Waals surface area contributed by atoms with Gasteiger partial charge < -0.3 is 10.6 Å². The van der Waals surface area contributed by atoms with Gasteiger partial charge in [0.05, 0.1) is 11.6 Å². The van der Waals surface area contributed by atoms with Crippen LogP contribution in [-0.4, -0.2) is 12.1 Å². The number of anilines is 1. The van der Waals surface area contributed by atoms with E-state index < -0.39 is 0 Å². The summed E-state index contributed by atoms with van der Waals surface area (Å²) in [7, 11) is 0. The Morgan fingerprint density at radius 3 is 2.03 bits per heavy atom. The zero-order chi connectivity index (χ0) is 18.8. The van der Waals surface area contributed by atoms with Crippen molar-refractivity contribution in [2.75, 3.05) is 5.32 Å². The molecule has 0 fully saturated rings. The second-order valence-electron chi connectivity index (χ2n) is 6.16. The van der Waals surface area contributed by atoms with E-state index >= 15 is 0 Å². The summed E-state index contributed by atoms with van der Waals surface area (Å²) < 4.78 is 1.17. The van der Waals surface area contributed by atoms with E-state index in [0.29, 0.717) is 17.2 Å². The molecule has 2 rings (SSSR count). The van der Waals surface area contributed by atoms with Crippen molar-refractivity contribution in [1.82, 2.24) is 5.32 Å². The van der Waals surface area contributed by atoms with Crippen LogP contribution >= 0.6 is 15.9 Å². The van der Waals surface area contributed by atoms with Crippen molar-refractivity contribution >= 4 is 27.6 Å². The van der Waals surface area contributed by atoms with Crippen molar-refractivity contribution in [3.05, 3.63) is 64.1 Å². The van der Waals surface area contributed by atoms with Crippen molar-refractivity contribution in [3.8, 4) is 6.07 Å². The summed E-state index contributed by atoms with van der Waals surface area (Å²) in [4.78, 5) is 11.3. The molecule has 0 saturated carbocycles. The zero-order valence-electron chi connectivity index (χ0n) is 15.6. The molecule has 0 unspecified atom stereocenters. The normalized spacial score (nSPS) is 8.48. The number of benzene rings is 2. The van der Waals surface area contributed by atoms with Crippen molar-refractivity contribution in [2.45, 2.75) is 61.9 Å². The Hall–Kier alpha value is -1.22. The van der Waals surface area contributed by atoms with E-state index in [1.807, 2.05) is 26.0 Å². The molecule has 0 aliphatic heterocycles. The number of nitrogens with one attached hydrogen (secondary N) is 2. The van der Waals surface area contributed by atoms with Crippen LogP contribution in [0.25, 0.3) is 0 Å². The summed E-state index contributed by atoms with van der Waals surface area (Å²) in [5, 5.41) is 14.0. The van der Waals surface area contributed by atoms with Crippen LogP contribution in [-0.2, 0) is 32.7 Å². The number of halogens is 1. The van der Waals surface area contributed by atoms with Crippen LogP contribution in [0.1, 0.15) is 67.0 Å². The maximum absolute atomic E-state index is 11.3. The number of nitriles is 1. The fraction of sp³-hybridized carbons (Fsp3) is 0.391. The van der Waals surface area contributed by atoms with Crippen molar-refractivity contribution < 1.29 is 37.5 Å². The van der Waals surface area contributed by atoms with Gasteiger partial charge in [-0.1, -0.05) is 70.3 Å². The van der Waals surface area contributed by atoms with E-state index in [4.69, 9.17) is 5.26 Å². The van der Waals surface area contributed by atoms with Gasteiger partial charge in [-0.25, -0.2) is 4.79 Å². The molecular weight excluding hydrogens is 503 g/mol. The van der Waals surface area contributed by atoms with Gasteiger partial charge in [0.15, 0.2) is 0 Å². The molecule has 6 heteroatoms. The van der Waals surface area contributed by atoms with Gasteiger partial charge in [-0.05, 0) is 55.7 Å². The van der Waals surface area contributed by atoms with Crippen LogP contribution in [0.3, 0.4) is 0 Å². The van der Waals surface area contributed by atoms with Crippen LogP contribution in [0.4, 0.5) is 10.5 Å². The molecule has 4 nitrogen and oxygen atoms in total. The number of carbonyl (C=O) groups is 1. The Balaban J connectivity index is -0.000000200. The third-order valence-corrected chi connectivity index (χ3v) is 3.68. The average Bonchev–Trinajstić information content (AvgIpc) is 2.54. The van der Waals surface area contributed by atoms with Crippen LogP contribution in [0.5, 0.6) is 0 Å². The van der Waals surface area contributed by atoms with Crippen molar-refractivity contribution in [2.24, 2.45) is 0 Å². The minimum Gasteiger partial charge on any atom is -0.336 e. The SMILES string of the molecule is C.C.C.CC(C)NC(=O)Nc1cccc(C#N)c1.CC(C)c1cccc(Br)c1.[Y]. The van der Waals surface area contributed by atoms with Gasteiger partial charge in [-0.3, -0.25) is 0 Å². The predicted molar refractivity (Wildman–Crippen MR) is 127 cm³/mol. The third kappa shape index (κ3) is 15.3. The Morgan fingerprint density at radius 1 is 1.00 bits per heavy atom. The minimum atomic E-state index is -0.264. The first-order chi connectivity index (χ1) is 11.8. The number of urea groups is 1. The Kier molecular flexibility index (Phi) is 22.8. The molecule has 2 aromatic rings. The van der Waals surface area contributed by atoms with Gasteiger partial charge >= 0.3 is 6.03 Å². The van der Waals surface area contributed by atoms with E-state index in [0.717, 1.165) is 0 Å². The molecule has 0 aliphatic rings. The van der Waals surface area contributed by atoms with Gasteiger partial charge in [0.25, 0.3) is 0 Å². The van der Waals surface area contributed by atoms with Crippen LogP contribution in [0.2, 0.25) is 0 Å². The molecule has 0 aromatic heterocycles. The number of hydrogen-bond donors (Lipinski definition) is 2. The molecule has 0 spiro atoms. The first-order valence-corrected chi connectivity index (χ1v) is 8.94. The third-order valence-electron chi connectivity index (χ3n) is 3.18. The second kappa shape index (κ2) is 18.8. The molecule has 0 saturated heterocycles. The largest absolute Gasteiger partial charge is 0.336 e. The van der Waals surface area contributed by atoms with Crippen molar-refractivity contribution in [3.63, 3.8) is 0 Å². The topological polar surface area (TPSA) is 64.9 Å². The summed E-state index contributed by atoms with van der Waals surface area (Å²) in [5.41, 5.74) is 2.53. The summed E-state index contributed by atoms with van der Waals surface area (Å²) >= 11 is 3.43. The van der Waals surface area contributed by atoms with Gasteiger partial charge in [0.1, 0.15) is 0 Å². The van der Waals surface area contributed by atoms with Gasteiger partial charge in [0, 0.05) is 48.9 Å². The molecule has 159 valence electrons. The standard InChI is InChI=1S/C11H13N3O.C9H11Br.3CH4.Y/c1-8(2)13-11(15)14-10-5-3-4-9(6-10)7-12;1-7(2)8-4-3-5-9(10)6-8;;;;/h3-6,8H,1-2H3,(H2,13,14,15);3-7H,1-2H3;3*1H4;. The van der Waals surface area contributed by atoms with Crippen LogP contribution in [0, 0.1) is 11.3 Å². The Labute approximate surface area is 211 Å². The number of carbonyl (C=O) groups excluding carboxylic acids is 1. The van der Waals surface area contributed by atoms with E-state index in [-0.39, 0.29) is 67.1 Å². The molecule has 1 radical (unpaired) electrons. The Morgan fingerprint density at radius 2 is 1.59 bits per heavy atom. The van der Waals surface area contributed by atoms with E-state index in [9.17, 15) is 4.79 Å². The summed E-state index contributed by atoms with van der Waals surface area (Å²) in [6, 6.07) is 17.0. The van der Waals surface area contributed by atoms with Gasteiger partial charge in [-0.2, -0.15) is 5.26 Å². The number of hydrogen-bond acceptors (Lipinski definition) is 2. The maximum Gasteiger partial charge on any atom is 0.319 e. The quantitative estimate of drug-likeness (QED) is 0.423. The monoisotopic (exact) mass is 538 g/mol. The fourth-order valence-corrected chi connectivity index (χ4v) is 2.38. The molecular formula is C23H36BrN3OY. The number of rotatable bonds is 3. The fourth-order valence-electron chi connectivity index (χ4n) is 1.96. The molecule has 0 heterocycles. The number of nitrogens with zero attached hydrogens (tertiary/aromatic N) is 1. The van der Waals surface area contributed by atoms with Gasteiger partial charge in [0.2, 0.25) is 0 Å². The van der Waals surface area contributed by atoms with E-state index in [2.05, 4.69) is 58.6 Å².